The molecule has 2 heterocycles. The second kappa shape index (κ2) is 8.46. The summed E-state index contributed by atoms with van der Waals surface area (Å²) in [6, 6.07) is 4.55. The molecule has 3 aromatic rings. The van der Waals surface area contributed by atoms with E-state index >= 15 is 0 Å². The van der Waals surface area contributed by atoms with Crippen LogP contribution >= 0.6 is 0 Å². The Labute approximate surface area is 161 Å². The Kier molecular flexibility index (Phi) is 5.81. The van der Waals surface area contributed by atoms with E-state index in [-0.39, 0.29) is 6.54 Å². The van der Waals surface area contributed by atoms with Crippen LogP contribution in [-0.4, -0.2) is 40.4 Å². The lowest BCUT2D eigenvalue weighted by atomic mass is 10.1. The minimum absolute atomic E-state index is 0.220. The molecule has 0 aliphatic carbocycles. The normalized spacial score (nSPS) is 10.8. The van der Waals surface area contributed by atoms with Crippen LogP contribution in [0.1, 0.15) is 0 Å². The number of hydrazine groups is 1. The largest absolute Gasteiger partial charge is 0.432 e. The molecule has 29 heavy (non-hydrogen) atoms. The molecule has 3 rings (SSSR count). The number of alkyl halides is 2. The quantitative estimate of drug-likeness (QED) is 0.558. The molecule has 2 aromatic heterocycles. The number of halogens is 3. The first-order valence-corrected chi connectivity index (χ1v) is 8.20. The third kappa shape index (κ3) is 4.72. The monoisotopic (exact) mass is 408 g/mol. The molecule has 0 atom stereocenters. The number of benzene rings is 1. The number of aromatic nitrogens is 3. The zero-order valence-electron chi connectivity index (χ0n) is 14.9. The van der Waals surface area contributed by atoms with Crippen molar-refractivity contribution in [2.24, 2.45) is 0 Å². The molecular weight excluding hydrogens is 393 g/mol. The minimum Gasteiger partial charge on any atom is -0.432 e. The van der Waals surface area contributed by atoms with Crippen LogP contribution in [0.15, 0.2) is 36.7 Å². The predicted molar refractivity (Wildman–Crippen MR) is 95.3 cm³/mol. The van der Waals surface area contributed by atoms with Gasteiger partial charge in [0.1, 0.15) is 12.1 Å². The second-order valence-corrected chi connectivity index (χ2v) is 5.71. The number of carbonyl (C=O) groups excluding carboxylic acids is 2. The minimum atomic E-state index is -3.16. The van der Waals surface area contributed by atoms with Gasteiger partial charge in [-0.1, -0.05) is 6.07 Å². The summed E-state index contributed by atoms with van der Waals surface area (Å²) in [5.41, 5.74) is 6.15. The van der Waals surface area contributed by atoms with Crippen LogP contribution in [0.2, 0.25) is 0 Å². The standard InChI is InChI=1S/C17H15F3N6O3/c1-21-17(28)25-24-15(27)8-26-13-4-10(6-22-12(13)7-23-26)9-2-3-11(18)14(5-9)29-16(19)20/h2-7,16H,8H2,1H3,(H,24,27)(H2,21,25,28). The molecule has 3 amide bonds. The molecule has 0 saturated carbocycles. The lowest BCUT2D eigenvalue weighted by Crippen LogP contribution is -2.46. The van der Waals surface area contributed by atoms with E-state index in [2.05, 4.69) is 31.0 Å². The first-order chi connectivity index (χ1) is 13.9. The van der Waals surface area contributed by atoms with Gasteiger partial charge in [-0.15, -0.1) is 0 Å². The highest BCUT2D eigenvalue weighted by Crippen LogP contribution is 2.28. The maximum Gasteiger partial charge on any atom is 0.387 e. The highest BCUT2D eigenvalue weighted by Gasteiger charge is 2.14. The summed E-state index contributed by atoms with van der Waals surface area (Å²) in [6.45, 7) is -3.38. The van der Waals surface area contributed by atoms with Gasteiger partial charge >= 0.3 is 12.6 Å². The Morgan fingerprint density at radius 3 is 2.69 bits per heavy atom. The Hall–Kier alpha value is -3.83. The molecule has 0 aliphatic heterocycles. The van der Waals surface area contributed by atoms with Crippen molar-refractivity contribution in [1.82, 2.24) is 30.9 Å². The zero-order valence-corrected chi connectivity index (χ0v) is 14.9. The molecule has 12 heteroatoms. The number of urea groups is 1. The number of nitrogens with one attached hydrogen (secondary N) is 3. The van der Waals surface area contributed by atoms with Gasteiger partial charge in [-0.25, -0.2) is 14.6 Å². The molecular formula is C17H15F3N6O3. The van der Waals surface area contributed by atoms with Gasteiger partial charge in [-0.3, -0.25) is 19.9 Å². The van der Waals surface area contributed by atoms with E-state index in [4.69, 9.17) is 0 Å². The van der Waals surface area contributed by atoms with E-state index in [0.717, 1.165) is 12.1 Å². The summed E-state index contributed by atoms with van der Waals surface area (Å²) < 4.78 is 44.0. The average molecular weight is 408 g/mol. The van der Waals surface area contributed by atoms with Gasteiger partial charge in [0.2, 0.25) is 0 Å². The molecule has 152 valence electrons. The van der Waals surface area contributed by atoms with Gasteiger partial charge in [0.15, 0.2) is 11.6 Å². The van der Waals surface area contributed by atoms with Crippen LogP contribution in [0.4, 0.5) is 18.0 Å². The maximum atomic E-state index is 13.6. The Morgan fingerprint density at radius 2 is 1.97 bits per heavy atom. The number of hydrogen-bond donors (Lipinski definition) is 3. The van der Waals surface area contributed by atoms with E-state index in [1.165, 1.54) is 30.2 Å². The van der Waals surface area contributed by atoms with Gasteiger partial charge < -0.3 is 10.1 Å². The highest BCUT2D eigenvalue weighted by atomic mass is 19.3. The Morgan fingerprint density at radius 1 is 1.17 bits per heavy atom. The van der Waals surface area contributed by atoms with Crippen molar-refractivity contribution in [2.45, 2.75) is 13.2 Å². The van der Waals surface area contributed by atoms with Crippen LogP contribution in [0, 0.1) is 5.82 Å². The predicted octanol–water partition coefficient (Wildman–Crippen LogP) is 1.80. The van der Waals surface area contributed by atoms with Crippen LogP contribution in [0.25, 0.3) is 22.2 Å². The van der Waals surface area contributed by atoms with Crippen molar-refractivity contribution in [3.05, 3.63) is 42.5 Å². The zero-order chi connectivity index (χ0) is 21.0. The number of fused-ring (bicyclic) bond motifs is 1. The number of carbonyl (C=O) groups is 2. The molecule has 0 fully saturated rings. The number of hydrogen-bond acceptors (Lipinski definition) is 5. The van der Waals surface area contributed by atoms with Gasteiger partial charge in [0.05, 0.1) is 11.7 Å². The van der Waals surface area contributed by atoms with E-state index in [1.807, 2.05) is 0 Å². The van der Waals surface area contributed by atoms with Crippen molar-refractivity contribution >= 4 is 23.0 Å². The Bertz CT molecular complexity index is 1060. The molecule has 3 N–H and O–H groups in total. The van der Waals surface area contributed by atoms with Crippen molar-refractivity contribution in [2.75, 3.05) is 7.05 Å². The average Bonchev–Trinajstić information content (AvgIpc) is 3.09. The van der Waals surface area contributed by atoms with Crippen LogP contribution < -0.4 is 20.9 Å². The van der Waals surface area contributed by atoms with Gasteiger partial charge in [0.25, 0.3) is 5.91 Å². The molecule has 1 aromatic carbocycles. The first kappa shape index (κ1) is 19.9. The summed E-state index contributed by atoms with van der Waals surface area (Å²) in [4.78, 5) is 27.3. The number of nitrogens with zero attached hydrogens (tertiary/aromatic N) is 3. The summed E-state index contributed by atoms with van der Waals surface area (Å²) in [5.74, 6) is -2.06. The SMILES string of the molecule is CNC(=O)NNC(=O)Cn1ncc2ncc(-c3ccc(F)c(OC(F)F)c3)cc21. The number of amides is 3. The van der Waals surface area contributed by atoms with Crippen LogP contribution in [-0.2, 0) is 11.3 Å². The van der Waals surface area contributed by atoms with E-state index < -0.39 is 30.1 Å². The van der Waals surface area contributed by atoms with Crippen molar-refractivity contribution in [3.63, 3.8) is 0 Å². The number of rotatable bonds is 5. The van der Waals surface area contributed by atoms with Gasteiger partial charge in [0, 0.05) is 18.8 Å². The summed E-state index contributed by atoms with van der Waals surface area (Å²) >= 11 is 0. The summed E-state index contributed by atoms with van der Waals surface area (Å²) in [6.07, 6.45) is 2.90. The second-order valence-electron chi connectivity index (χ2n) is 5.71. The number of pyridine rings is 1. The third-order valence-corrected chi connectivity index (χ3v) is 3.81. The lowest BCUT2D eigenvalue weighted by molar-refractivity contribution is -0.122. The smallest absolute Gasteiger partial charge is 0.387 e. The molecule has 0 radical (unpaired) electrons. The summed E-state index contributed by atoms with van der Waals surface area (Å²) in [7, 11) is 1.39. The fraction of sp³-hybridized carbons (Fsp3) is 0.176. The lowest BCUT2D eigenvalue weighted by Gasteiger charge is -2.09. The Balaban J connectivity index is 1.86. The first-order valence-electron chi connectivity index (χ1n) is 8.20. The van der Waals surface area contributed by atoms with Gasteiger partial charge in [-0.05, 0) is 23.8 Å². The molecule has 9 nitrogen and oxygen atoms in total. The van der Waals surface area contributed by atoms with E-state index in [0.29, 0.717) is 22.2 Å². The van der Waals surface area contributed by atoms with Crippen LogP contribution in [0.3, 0.4) is 0 Å². The summed E-state index contributed by atoms with van der Waals surface area (Å²) in [5, 5.41) is 6.34. The van der Waals surface area contributed by atoms with Gasteiger partial charge in [-0.2, -0.15) is 13.9 Å². The fourth-order valence-electron chi connectivity index (χ4n) is 2.47. The van der Waals surface area contributed by atoms with E-state index in [9.17, 15) is 22.8 Å². The van der Waals surface area contributed by atoms with Crippen molar-refractivity contribution in [1.29, 1.82) is 0 Å². The molecule has 0 unspecified atom stereocenters. The maximum absolute atomic E-state index is 13.6. The van der Waals surface area contributed by atoms with Crippen molar-refractivity contribution < 1.29 is 27.5 Å². The van der Waals surface area contributed by atoms with Crippen molar-refractivity contribution in [3.8, 4) is 16.9 Å². The molecule has 0 aliphatic rings. The van der Waals surface area contributed by atoms with Crippen LogP contribution in [0.5, 0.6) is 5.75 Å². The third-order valence-electron chi connectivity index (χ3n) is 3.81. The fourth-order valence-corrected chi connectivity index (χ4v) is 2.47. The highest BCUT2D eigenvalue weighted by molar-refractivity contribution is 5.84. The molecule has 0 spiro atoms. The topological polar surface area (TPSA) is 110 Å². The molecule has 0 saturated heterocycles. The number of ether oxygens (including phenoxy) is 1. The van der Waals surface area contributed by atoms with E-state index in [1.54, 1.807) is 6.07 Å². The molecule has 0 bridgehead atoms.